The van der Waals surface area contributed by atoms with Crippen LogP contribution in [0.25, 0.3) is 5.69 Å². The molecule has 0 radical (unpaired) electrons. The lowest BCUT2D eigenvalue weighted by molar-refractivity contribution is -0.384. The molecular formula is C16H15ClN2O3. The summed E-state index contributed by atoms with van der Waals surface area (Å²) in [6.45, 7) is 3.94. The van der Waals surface area contributed by atoms with Gasteiger partial charge >= 0.3 is 0 Å². The summed E-state index contributed by atoms with van der Waals surface area (Å²) in [4.78, 5) is 22.8. The number of hydrogen-bond donors (Lipinski definition) is 0. The molecule has 1 unspecified atom stereocenters. The van der Waals surface area contributed by atoms with Gasteiger partial charge in [-0.1, -0.05) is 18.5 Å². The van der Waals surface area contributed by atoms with Crippen LogP contribution < -0.4 is 0 Å². The second-order valence-corrected chi connectivity index (χ2v) is 6.22. The van der Waals surface area contributed by atoms with Crippen LogP contribution in [0.5, 0.6) is 0 Å². The molecule has 1 aromatic heterocycles. The largest absolute Gasteiger partial charge is 0.317 e. The number of nitrogens with zero attached hydrogens (tertiary/aromatic N) is 2. The van der Waals surface area contributed by atoms with E-state index in [2.05, 4.69) is 0 Å². The molecule has 0 bridgehead atoms. The molecule has 114 valence electrons. The third-order valence-electron chi connectivity index (χ3n) is 4.05. The van der Waals surface area contributed by atoms with Gasteiger partial charge in [-0.25, -0.2) is 0 Å². The first-order valence-electron chi connectivity index (χ1n) is 7.07. The number of fused-ring (bicyclic) bond motifs is 1. The lowest BCUT2D eigenvalue weighted by Gasteiger charge is -2.20. The SMILES string of the molecule is Cc1cc2c(n1-c1ccc(Cl)c([N+](=O)[O-])c1)CC(C)CC2=O. The highest BCUT2D eigenvalue weighted by Crippen LogP contribution is 2.33. The smallest absolute Gasteiger partial charge is 0.289 e. The van der Waals surface area contributed by atoms with Gasteiger partial charge < -0.3 is 4.57 Å². The van der Waals surface area contributed by atoms with Crippen molar-refractivity contribution >= 4 is 23.1 Å². The number of carbonyl (C=O) groups is 1. The maximum Gasteiger partial charge on any atom is 0.289 e. The van der Waals surface area contributed by atoms with E-state index >= 15 is 0 Å². The number of aryl methyl sites for hydroxylation is 1. The number of aromatic nitrogens is 1. The van der Waals surface area contributed by atoms with Gasteiger partial charge in [0.25, 0.3) is 5.69 Å². The first-order valence-corrected chi connectivity index (χ1v) is 7.45. The molecular weight excluding hydrogens is 304 g/mol. The lowest BCUT2D eigenvalue weighted by Crippen LogP contribution is -2.19. The van der Waals surface area contributed by atoms with E-state index in [0.717, 1.165) is 23.4 Å². The Labute approximate surface area is 132 Å². The molecule has 1 aliphatic carbocycles. The molecule has 22 heavy (non-hydrogen) atoms. The van der Waals surface area contributed by atoms with E-state index < -0.39 is 4.92 Å². The van der Waals surface area contributed by atoms with E-state index in [1.807, 2.05) is 24.5 Å². The van der Waals surface area contributed by atoms with Gasteiger partial charge in [-0.05, 0) is 37.5 Å². The summed E-state index contributed by atoms with van der Waals surface area (Å²) < 4.78 is 1.92. The van der Waals surface area contributed by atoms with Crippen molar-refractivity contribution in [2.45, 2.75) is 26.7 Å². The maximum absolute atomic E-state index is 12.2. The second kappa shape index (κ2) is 5.25. The van der Waals surface area contributed by atoms with E-state index in [0.29, 0.717) is 12.1 Å². The number of Topliss-reactive ketones (excluding diaryl/α,β-unsaturated/α-hetero) is 1. The molecule has 1 aromatic carbocycles. The van der Waals surface area contributed by atoms with Crippen LogP contribution in [0, 0.1) is 23.0 Å². The first kappa shape index (κ1) is 14.8. The van der Waals surface area contributed by atoms with E-state index in [1.54, 1.807) is 6.07 Å². The molecule has 6 heteroatoms. The van der Waals surface area contributed by atoms with Crippen LogP contribution in [-0.2, 0) is 6.42 Å². The normalized spacial score (nSPS) is 17.4. The zero-order valence-corrected chi connectivity index (χ0v) is 13.1. The van der Waals surface area contributed by atoms with Crippen molar-refractivity contribution in [3.8, 4) is 5.69 Å². The van der Waals surface area contributed by atoms with E-state index in [4.69, 9.17) is 11.6 Å². The number of benzene rings is 1. The number of halogens is 1. The standard InChI is InChI=1S/C16H15ClN2O3/c1-9-5-14-12(16(20)6-9)7-10(2)18(14)11-3-4-13(17)15(8-11)19(21)22/h3-4,7-9H,5-6H2,1-2H3. The van der Waals surface area contributed by atoms with Crippen molar-refractivity contribution in [2.75, 3.05) is 0 Å². The predicted molar refractivity (Wildman–Crippen MR) is 84.0 cm³/mol. The van der Waals surface area contributed by atoms with Crippen LogP contribution in [0.3, 0.4) is 0 Å². The minimum Gasteiger partial charge on any atom is -0.317 e. The molecule has 0 saturated heterocycles. The minimum absolute atomic E-state index is 0.108. The number of nitro benzene ring substituents is 1. The summed E-state index contributed by atoms with van der Waals surface area (Å²) in [5, 5.41) is 11.2. The predicted octanol–water partition coefficient (Wildman–Crippen LogP) is 4.11. The monoisotopic (exact) mass is 318 g/mol. The Bertz CT molecular complexity index is 795. The summed E-state index contributed by atoms with van der Waals surface area (Å²) in [7, 11) is 0. The van der Waals surface area contributed by atoms with E-state index in [-0.39, 0.29) is 22.4 Å². The number of rotatable bonds is 2. The topological polar surface area (TPSA) is 65.1 Å². The summed E-state index contributed by atoms with van der Waals surface area (Å²) in [6.07, 6.45) is 1.34. The third-order valence-corrected chi connectivity index (χ3v) is 4.37. The first-order chi connectivity index (χ1) is 10.4. The van der Waals surface area contributed by atoms with Crippen molar-refractivity contribution in [3.05, 3.63) is 56.4 Å². The number of nitro groups is 1. The minimum atomic E-state index is -0.495. The molecule has 0 fully saturated rings. The van der Waals surface area contributed by atoms with Crippen LogP contribution in [0.1, 0.15) is 35.1 Å². The molecule has 2 aromatic rings. The summed E-state index contributed by atoms with van der Waals surface area (Å²) in [5.41, 5.74) is 3.09. The van der Waals surface area contributed by atoms with Gasteiger partial charge in [0.05, 0.1) is 10.6 Å². The summed E-state index contributed by atoms with van der Waals surface area (Å²) >= 11 is 5.88. The van der Waals surface area contributed by atoms with Gasteiger partial charge in [0.15, 0.2) is 5.78 Å². The summed E-state index contributed by atoms with van der Waals surface area (Å²) in [6, 6.07) is 6.59. The van der Waals surface area contributed by atoms with Gasteiger partial charge in [0.1, 0.15) is 5.02 Å². The maximum atomic E-state index is 12.2. The van der Waals surface area contributed by atoms with Crippen molar-refractivity contribution in [2.24, 2.45) is 5.92 Å². The second-order valence-electron chi connectivity index (χ2n) is 5.81. The van der Waals surface area contributed by atoms with Crippen LogP contribution in [0.15, 0.2) is 24.3 Å². The molecule has 0 N–H and O–H groups in total. The molecule has 5 nitrogen and oxygen atoms in total. The highest BCUT2D eigenvalue weighted by Gasteiger charge is 2.27. The van der Waals surface area contributed by atoms with Crippen molar-refractivity contribution in [1.82, 2.24) is 4.57 Å². The Balaban J connectivity index is 2.20. The van der Waals surface area contributed by atoms with E-state index in [9.17, 15) is 14.9 Å². The highest BCUT2D eigenvalue weighted by molar-refractivity contribution is 6.32. The fraction of sp³-hybridized carbons (Fsp3) is 0.312. The molecule has 0 amide bonds. The van der Waals surface area contributed by atoms with Crippen LogP contribution in [0.2, 0.25) is 5.02 Å². The van der Waals surface area contributed by atoms with Crippen LogP contribution >= 0.6 is 11.6 Å². The average Bonchev–Trinajstić information content (AvgIpc) is 2.76. The van der Waals surface area contributed by atoms with Gasteiger partial charge in [-0.3, -0.25) is 14.9 Å². The molecule has 0 spiro atoms. The third kappa shape index (κ3) is 2.31. The fourth-order valence-corrected chi connectivity index (χ4v) is 3.29. The number of carbonyl (C=O) groups excluding carboxylic acids is 1. The van der Waals surface area contributed by atoms with Crippen molar-refractivity contribution in [3.63, 3.8) is 0 Å². The Morgan fingerprint density at radius 2 is 2.05 bits per heavy atom. The van der Waals surface area contributed by atoms with Gasteiger partial charge in [0, 0.05) is 29.4 Å². The Morgan fingerprint density at radius 3 is 2.73 bits per heavy atom. The molecule has 1 atom stereocenters. The molecule has 3 rings (SSSR count). The van der Waals surface area contributed by atoms with Crippen LogP contribution in [-0.4, -0.2) is 15.3 Å². The van der Waals surface area contributed by atoms with Crippen molar-refractivity contribution < 1.29 is 9.72 Å². The molecule has 1 aliphatic rings. The molecule has 1 heterocycles. The van der Waals surface area contributed by atoms with Crippen LogP contribution in [0.4, 0.5) is 5.69 Å². The van der Waals surface area contributed by atoms with E-state index in [1.165, 1.54) is 12.1 Å². The number of ketones is 1. The molecule has 0 aliphatic heterocycles. The average molecular weight is 319 g/mol. The van der Waals surface area contributed by atoms with Gasteiger partial charge in [-0.15, -0.1) is 0 Å². The molecule has 0 saturated carbocycles. The van der Waals surface area contributed by atoms with Gasteiger partial charge in [0.2, 0.25) is 0 Å². The van der Waals surface area contributed by atoms with Gasteiger partial charge in [-0.2, -0.15) is 0 Å². The van der Waals surface area contributed by atoms with Crippen molar-refractivity contribution in [1.29, 1.82) is 0 Å². The number of hydrogen-bond acceptors (Lipinski definition) is 3. The highest BCUT2D eigenvalue weighted by atomic mass is 35.5. The summed E-state index contributed by atoms with van der Waals surface area (Å²) in [5.74, 6) is 0.411. The Kier molecular flexibility index (Phi) is 3.53. The zero-order valence-electron chi connectivity index (χ0n) is 12.3. The Morgan fingerprint density at radius 1 is 1.32 bits per heavy atom. The quantitative estimate of drug-likeness (QED) is 0.618. The Hall–Kier alpha value is -2.14. The fourth-order valence-electron chi connectivity index (χ4n) is 3.10. The lowest BCUT2D eigenvalue weighted by atomic mass is 9.88. The zero-order chi connectivity index (χ0) is 16.0.